The van der Waals surface area contributed by atoms with E-state index in [-0.39, 0.29) is 31.3 Å². The van der Waals surface area contributed by atoms with E-state index < -0.39 is 17.9 Å². The molecule has 1 aromatic rings. The van der Waals surface area contributed by atoms with Gasteiger partial charge in [0, 0.05) is 18.3 Å². The largest absolute Gasteiger partial charge is 0.434 e. The molecule has 21 heavy (non-hydrogen) atoms. The summed E-state index contributed by atoms with van der Waals surface area (Å²) in [5, 5.41) is 3.92. The molecular weight excluding hydrogens is 347 g/mol. The molecule has 0 fully saturated rings. The lowest BCUT2D eigenvalue weighted by molar-refractivity contribution is -0.140. The van der Waals surface area contributed by atoms with Crippen LogP contribution in [-0.2, 0) is 17.4 Å². The van der Waals surface area contributed by atoms with Gasteiger partial charge in [-0.1, -0.05) is 0 Å². The lowest BCUT2D eigenvalue weighted by atomic mass is 10.2. The van der Waals surface area contributed by atoms with Crippen molar-refractivity contribution in [2.24, 2.45) is 5.73 Å². The van der Waals surface area contributed by atoms with Gasteiger partial charge in [0.25, 0.3) is 0 Å². The van der Waals surface area contributed by atoms with Crippen LogP contribution >= 0.6 is 35.5 Å². The van der Waals surface area contributed by atoms with Gasteiger partial charge >= 0.3 is 6.18 Å². The normalized spacial score (nSPS) is 12.6. The number of carbonyl (C=O) groups is 1. The van der Waals surface area contributed by atoms with Crippen LogP contribution in [0, 0.1) is 0 Å². The molecule has 0 radical (unpaired) electrons. The Balaban J connectivity index is 0.00000400. The topological polar surface area (TPSA) is 68.0 Å². The number of halogens is 4. The van der Waals surface area contributed by atoms with Crippen LogP contribution in [0.1, 0.15) is 17.1 Å². The van der Waals surface area contributed by atoms with Gasteiger partial charge in [0.05, 0.1) is 11.0 Å². The molecule has 1 aromatic heterocycles. The van der Waals surface area contributed by atoms with E-state index in [4.69, 9.17) is 5.73 Å². The Bertz CT molecular complexity index is 443. The van der Waals surface area contributed by atoms with Gasteiger partial charge in [0.1, 0.15) is 0 Å². The fourth-order valence-electron chi connectivity index (χ4n) is 1.36. The highest BCUT2D eigenvalue weighted by Crippen LogP contribution is 2.29. The molecule has 1 atom stereocenters. The maximum absolute atomic E-state index is 12.3. The van der Waals surface area contributed by atoms with E-state index in [1.54, 1.807) is 11.8 Å². The number of aromatic nitrogens is 1. The molecule has 0 aromatic carbocycles. The number of hydrogen-bond donors (Lipinski definition) is 2. The zero-order valence-corrected chi connectivity index (χ0v) is 13.7. The molecule has 0 aliphatic carbocycles. The van der Waals surface area contributed by atoms with Crippen molar-refractivity contribution in [2.75, 3.05) is 18.6 Å². The number of alkyl halides is 3. The Labute approximate surface area is 135 Å². The van der Waals surface area contributed by atoms with Crippen molar-refractivity contribution in [1.29, 1.82) is 0 Å². The summed E-state index contributed by atoms with van der Waals surface area (Å²) >= 11 is 2.53. The van der Waals surface area contributed by atoms with Gasteiger partial charge < -0.3 is 11.1 Å². The number of thiazole rings is 1. The number of amides is 1. The maximum atomic E-state index is 12.3. The Hall–Kier alpha value is -0.510. The van der Waals surface area contributed by atoms with E-state index in [9.17, 15) is 18.0 Å². The predicted molar refractivity (Wildman–Crippen MR) is 82.1 cm³/mol. The number of thioether (sulfide) groups is 1. The highest BCUT2D eigenvalue weighted by Gasteiger charge is 2.33. The predicted octanol–water partition coefficient (Wildman–Crippen LogP) is 2.32. The smallest absolute Gasteiger partial charge is 0.354 e. The second-order valence-electron chi connectivity index (χ2n) is 4.05. The molecule has 0 aliphatic heterocycles. The molecule has 4 nitrogen and oxygen atoms in total. The van der Waals surface area contributed by atoms with Crippen LogP contribution in [0.15, 0.2) is 5.38 Å². The van der Waals surface area contributed by atoms with Crippen LogP contribution in [0.4, 0.5) is 13.2 Å². The number of nitrogens with two attached hydrogens (primary N) is 1. The van der Waals surface area contributed by atoms with Crippen LogP contribution in [0.5, 0.6) is 0 Å². The zero-order valence-electron chi connectivity index (χ0n) is 11.3. The van der Waals surface area contributed by atoms with Crippen molar-refractivity contribution in [1.82, 2.24) is 10.3 Å². The molecular formula is C11H17ClF3N3OS2. The summed E-state index contributed by atoms with van der Waals surface area (Å²) in [5.74, 6) is 0.502. The molecule has 1 amide bonds. The highest BCUT2D eigenvalue weighted by atomic mass is 35.5. The monoisotopic (exact) mass is 363 g/mol. The Kier molecular flexibility index (Phi) is 9.26. The highest BCUT2D eigenvalue weighted by molar-refractivity contribution is 7.98. The van der Waals surface area contributed by atoms with Crippen LogP contribution in [-0.4, -0.2) is 35.5 Å². The molecule has 1 rings (SSSR count). The zero-order chi connectivity index (χ0) is 15.2. The average molecular weight is 364 g/mol. The summed E-state index contributed by atoms with van der Waals surface area (Å²) in [5.41, 5.74) is 4.77. The van der Waals surface area contributed by atoms with Crippen LogP contribution in [0.3, 0.4) is 0 Å². The Morgan fingerprint density at radius 3 is 2.76 bits per heavy atom. The van der Waals surface area contributed by atoms with E-state index in [1.165, 1.54) is 0 Å². The van der Waals surface area contributed by atoms with Gasteiger partial charge in [-0.15, -0.1) is 23.7 Å². The first-order valence-electron chi connectivity index (χ1n) is 5.88. The fraction of sp³-hybridized carbons (Fsp3) is 0.636. The third-order valence-corrected chi connectivity index (χ3v) is 4.00. The Morgan fingerprint density at radius 2 is 2.24 bits per heavy atom. The SMILES string of the molecule is CSCC[C@H](N)C(=O)NCCc1nc(C(F)(F)F)cs1.Cl. The van der Waals surface area contributed by atoms with Gasteiger partial charge in [-0.25, -0.2) is 4.98 Å². The maximum Gasteiger partial charge on any atom is 0.434 e. The van der Waals surface area contributed by atoms with Crippen LogP contribution in [0.2, 0.25) is 0 Å². The van der Waals surface area contributed by atoms with E-state index in [0.717, 1.165) is 22.5 Å². The van der Waals surface area contributed by atoms with Gasteiger partial charge in [-0.3, -0.25) is 4.79 Å². The summed E-state index contributed by atoms with van der Waals surface area (Å²) in [6.07, 6.45) is -1.66. The summed E-state index contributed by atoms with van der Waals surface area (Å²) < 4.78 is 37.0. The molecule has 122 valence electrons. The van der Waals surface area contributed by atoms with Gasteiger partial charge in [0.15, 0.2) is 5.69 Å². The second kappa shape index (κ2) is 9.50. The molecule has 0 saturated carbocycles. The van der Waals surface area contributed by atoms with Crippen molar-refractivity contribution >= 4 is 41.4 Å². The lowest BCUT2D eigenvalue weighted by Gasteiger charge is -2.10. The molecule has 0 unspecified atom stereocenters. The lowest BCUT2D eigenvalue weighted by Crippen LogP contribution is -2.41. The quantitative estimate of drug-likeness (QED) is 0.780. The fourth-order valence-corrected chi connectivity index (χ4v) is 2.65. The van der Waals surface area contributed by atoms with Crippen LogP contribution in [0.25, 0.3) is 0 Å². The summed E-state index contributed by atoms with van der Waals surface area (Å²) in [4.78, 5) is 15.0. The summed E-state index contributed by atoms with van der Waals surface area (Å²) in [6.45, 7) is 0.233. The molecule has 0 bridgehead atoms. The molecule has 10 heteroatoms. The number of rotatable bonds is 7. The van der Waals surface area contributed by atoms with Gasteiger partial charge in [-0.05, 0) is 18.4 Å². The van der Waals surface area contributed by atoms with Crippen LogP contribution < -0.4 is 11.1 Å². The minimum atomic E-state index is -4.42. The third kappa shape index (κ3) is 7.35. The average Bonchev–Trinajstić information content (AvgIpc) is 2.84. The molecule has 0 aliphatic rings. The van der Waals surface area contributed by atoms with Gasteiger partial charge in [0.2, 0.25) is 5.91 Å². The number of nitrogens with zero attached hydrogens (tertiary/aromatic N) is 1. The number of hydrogen-bond acceptors (Lipinski definition) is 5. The van der Waals surface area contributed by atoms with Gasteiger partial charge in [-0.2, -0.15) is 24.9 Å². The third-order valence-electron chi connectivity index (χ3n) is 2.45. The van der Waals surface area contributed by atoms with Crippen molar-refractivity contribution in [3.8, 4) is 0 Å². The number of nitrogens with one attached hydrogen (secondary N) is 1. The first-order valence-corrected chi connectivity index (χ1v) is 8.15. The molecule has 1 heterocycles. The van der Waals surface area contributed by atoms with E-state index in [1.807, 2.05) is 6.26 Å². The number of carbonyl (C=O) groups excluding carboxylic acids is 1. The van der Waals surface area contributed by atoms with E-state index >= 15 is 0 Å². The van der Waals surface area contributed by atoms with Crippen molar-refractivity contribution in [2.45, 2.75) is 25.1 Å². The Morgan fingerprint density at radius 1 is 1.57 bits per heavy atom. The minimum Gasteiger partial charge on any atom is -0.354 e. The summed E-state index contributed by atoms with van der Waals surface area (Å²) in [7, 11) is 0. The standard InChI is InChI=1S/C11H16F3N3OS2.ClH/c1-19-5-3-7(15)10(18)16-4-2-9-17-8(6-20-9)11(12,13)14;/h6-7H,2-5,15H2,1H3,(H,16,18);1H/t7-;/m0./s1. The molecule has 3 N–H and O–H groups in total. The first kappa shape index (κ1) is 20.5. The molecule has 0 saturated heterocycles. The molecule has 0 spiro atoms. The second-order valence-corrected chi connectivity index (χ2v) is 5.98. The van der Waals surface area contributed by atoms with E-state index in [2.05, 4.69) is 10.3 Å². The van der Waals surface area contributed by atoms with E-state index in [0.29, 0.717) is 11.4 Å². The minimum absolute atomic E-state index is 0. The van der Waals surface area contributed by atoms with Crippen molar-refractivity contribution < 1.29 is 18.0 Å². The van der Waals surface area contributed by atoms with Crippen molar-refractivity contribution in [3.63, 3.8) is 0 Å². The van der Waals surface area contributed by atoms with Crippen molar-refractivity contribution in [3.05, 3.63) is 16.1 Å². The first-order chi connectivity index (χ1) is 9.34. The summed E-state index contributed by atoms with van der Waals surface area (Å²) in [6, 6.07) is -0.579.